The van der Waals surface area contributed by atoms with E-state index in [1.807, 2.05) is 0 Å². The summed E-state index contributed by atoms with van der Waals surface area (Å²) in [5.74, 6) is -0.404. The van der Waals surface area contributed by atoms with Crippen molar-refractivity contribution in [3.05, 3.63) is 34.1 Å². The van der Waals surface area contributed by atoms with Gasteiger partial charge in [-0.25, -0.2) is 4.39 Å². The van der Waals surface area contributed by atoms with Crippen molar-refractivity contribution in [1.82, 2.24) is 0 Å². The molecule has 1 aromatic carbocycles. The fourth-order valence-corrected chi connectivity index (χ4v) is 2.61. The molecule has 1 fully saturated rings. The van der Waals surface area contributed by atoms with Crippen LogP contribution in [0, 0.1) is 11.7 Å². The summed E-state index contributed by atoms with van der Waals surface area (Å²) in [6.45, 7) is 0. The predicted molar refractivity (Wildman–Crippen MR) is 65.0 cm³/mol. The van der Waals surface area contributed by atoms with Gasteiger partial charge in [0.2, 0.25) is 0 Å². The maximum Gasteiger partial charge on any atom is 0.168 e. The first-order chi connectivity index (χ1) is 7.68. The molecule has 0 heterocycles. The minimum Gasteiger partial charge on any atom is -0.294 e. The van der Waals surface area contributed by atoms with Crippen LogP contribution in [0.25, 0.3) is 0 Å². The number of benzene rings is 1. The van der Waals surface area contributed by atoms with Crippen molar-refractivity contribution in [2.45, 2.75) is 32.1 Å². The molecule has 0 unspecified atom stereocenters. The van der Waals surface area contributed by atoms with E-state index in [0.29, 0.717) is 4.47 Å². The Morgan fingerprint density at radius 3 is 2.56 bits per heavy atom. The third kappa shape index (κ3) is 2.51. The van der Waals surface area contributed by atoms with E-state index in [4.69, 9.17) is 0 Å². The number of ketones is 1. The summed E-state index contributed by atoms with van der Waals surface area (Å²) in [6, 6.07) is 4.66. The number of carbonyl (C=O) groups is 1. The molecule has 0 radical (unpaired) electrons. The Morgan fingerprint density at radius 2 is 1.94 bits per heavy atom. The van der Waals surface area contributed by atoms with Gasteiger partial charge in [-0.2, -0.15) is 0 Å². The second-order valence-corrected chi connectivity index (χ2v) is 5.24. The summed E-state index contributed by atoms with van der Waals surface area (Å²) >= 11 is 3.19. The van der Waals surface area contributed by atoms with Crippen LogP contribution in [0.2, 0.25) is 0 Å². The summed E-state index contributed by atoms with van der Waals surface area (Å²) in [6.07, 6.45) is 5.21. The maximum atomic E-state index is 13.6. The molecule has 1 nitrogen and oxygen atoms in total. The molecule has 86 valence electrons. The highest BCUT2D eigenvalue weighted by molar-refractivity contribution is 9.10. The van der Waals surface area contributed by atoms with Gasteiger partial charge in [-0.3, -0.25) is 4.79 Å². The molecule has 1 aliphatic rings. The van der Waals surface area contributed by atoms with E-state index < -0.39 is 5.82 Å². The van der Waals surface area contributed by atoms with Crippen molar-refractivity contribution < 1.29 is 9.18 Å². The fourth-order valence-electron chi connectivity index (χ4n) is 2.27. The Morgan fingerprint density at radius 1 is 1.25 bits per heavy atom. The summed E-state index contributed by atoms with van der Waals surface area (Å²) in [5.41, 5.74) is 0.245. The molecule has 16 heavy (non-hydrogen) atoms. The van der Waals surface area contributed by atoms with E-state index in [1.54, 1.807) is 12.1 Å². The van der Waals surface area contributed by atoms with Crippen molar-refractivity contribution >= 4 is 21.7 Å². The van der Waals surface area contributed by atoms with E-state index in [0.717, 1.165) is 25.7 Å². The van der Waals surface area contributed by atoms with E-state index in [-0.39, 0.29) is 17.3 Å². The van der Waals surface area contributed by atoms with Gasteiger partial charge in [-0.15, -0.1) is 0 Å². The number of Topliss-reactive ketones (excluding diaryl/α,β-unsaturated/α-hetero) is 1. The molecular formula is C13H14BrFO. The second kappa shape index (κ2) is 5.09. The number of carbonyl (C=O) groups excluding carboxylic acids is 1. The molecule has 2 rings (SSSR count). The molecule has 0 aromatic heterocycles. The van der Waals surface area contributed by atoms with Crippen LogP contribution in [-0.2, 0) is 0 Å². The number of hydrogen-bond donors (Lipinski definition) is 0. The van der Waals surface area contributed by atoms with Crippen molar-refractivity contribution in [3.63, 3.8) is 0 Å². The molecule has 0 bridgehead atoms. The lowest BCUT2D eigenvalue weighted by Gasteiger charge is -2.20. The van der Waals surface area contributed by atoms with Crippen LogP contribution in [-0.4, -0.2) is 5.78 Å². The van der Waals surface area contributed by atoms with Gasteiger partial charge in [0.15, 0.2) is 5.78 Å². The molecule has 0 spiro atoms. The highest BCUT2D eigenvalue weighted by atomic mass is 79.9. The molecule has 0 atom stereocenters. The van der Waals surface area contributed by atoms with Gasteiger partial charge in [0, 0.05) is 10.4 Å². The van der Waals surface area contributed by atoms with Crippen LogP contribution in [0.1, 0.15) is 42.5 Å². The maximum absolute atomic E-state index is 13.6. The van der Waals surface area contributed by atoms with E-state index in [2.05, 4.69) is 15.9 Å². The molecular weight excluding hydrogens is 271 g/mol. The summed E-state index contributed by atoms with van der Waals surface area (Å²) in [5, 5.41) is 0. The van der Waals surface area contributed by atoms with Crippen molar-refractivity contribution in [2.24, 2.45) is 5.92 Å². The van der Waals surface area contributed by atoms with Crippen LogP contribution in [0.15, 0.2) is 22.7 Å². The highest BCUT2D eigenvalue weighted by Gasteiger charge is 2.24. The van der Waals surface area contributed by atoms with Crippen LogP contribution in [0.5, 0.6) is 0 Å². The number of rotatable bonds is 2. The largest absolute Gasteiger partial charge is 0.294 e. The molecule has 1 aliphatic carbocycles. The fraction of sp³-hybridized carbons (Fsp3) is 0.462. The van der Waals surface area contributed by atoms with Crippen LogP contribution < -0.4 is 0 Å². The lowest BCUT2D eigenvalue weighted by atomic mass is 9.84. The molecule has 1 saturated carbocycles. The normalized spacial score (nSPS) is 17.4. The molecule has 1 aromatic rings. The average Bonchev–Trinajstić information content (AvgIpc) is 2.29. The Labute approximate surface area is 103 Å². The molecule has 0 aliphatic heterocycles. The van der Waals surface area contributed by atoms with Gasteiger partial charge in [0.05, 0.1) is 5.56 Å². The zero-order valence-corrected chi connectivity index (χ0v) is 10.6. The van der Waals surface area contributed by atoms with Crippen LogP contribution in [0.3, 0.4) is 0 Å². The van der Waals surface area contributed by atoms with Gasteiger partial charge in [-0.05, 0) is 31.0 Å². The first-order valence-corrected chi connectivity index (χ1v) is 6.47. The standard InChI is InChI=1S/C13H14BrFO/c14-10-6-7-11(12(15)8-10)13(16)9-4-2-1-3-5-9/h6-9H,1-5H2. The zero-order chi connectivity index (χ0) is 11.5. The third-order valence-electron chi connectivity index (χ3n) is 3.17. The van der Waals surface area contributed by atoms with Gasteiger partial charge >= 0.3 is 0 Å². The molecule has 0 saturated heterocycles. The first-order valence-electron chi connectivity index (χ1n) is 5.68. The molecule has 0 N–H and O–H groups in total. The Kier molecular flexibility index (Phi) is 3.74. The average molecular weight is 285 g/mol. The quantitative estimate of drug-likeness (QED) is 0.738. The third-order valence-corrected chi connectivity index (χ3v) is 3.67. The van der Waals surface area contributed by atoms with E-state index in [9.17, 15) is 9.18 Å². The van der Waals surface area contributed by atoms with Gasteiger partial charge < -0.3 is 0 Å². The Balaban J connectivity index is 2.19. The lowest BCUT2D eigenvalue weighted by molar-refractivity contribution is 0.0885. The smallest absolute Gasteiger partial charge is 0.168 e. The van der Waals surface area contributed by atoms with E-state index in [1.165, 1.54) is 12.5 Å². The van der Waals surface area contributed by atoms with E-state index >= 15 is 0 Å². The number of hydrogen-bond acceptors (Lipinski definition) is 1. The van der Waals surface area contributed by atoms with Crippen molar-refractivity contribution in [3.8, 4) is 0 Å². The predicted octanol–water partition coefficient (Wildman–Crippen LogP) is 4.35. The SMILES string of the molecule is O=C(c1ccc(Br)cc1F)C1CCCCC1. The lowest BCUT2D eigenvalue weighted by Crippen LogP contribution is -2.18. The molecule has 3 heteroatoms. The minimum absolute atomic E-state index is 0.0234. The van der Waals surface area contributed by atoms with Crippen LogP contribution >= 0.6 is 15.9 Å². The Hall–Kier alpha value is -0.700. The van der Waals surface area contributed by atoms with Crippen molar-refractivity contribution in [2.75, 3.05) is 0 Å². The van der Waals surface area contributed by atoms with Crippen LogP contribution in [0.4, 0.5) is 4.39 Å². The van der Waals surface area contributed by atoms with Gasteiger partial charge in [0.1, 0.15) is 5.82 Å². The summed E-state index contributed by atoms with van der Waals surface area (Å²) < 4.78 is 14.3. The topological polar surface area (TPSA) is 17.1 Å². The minimum atomic E-state index is -0.412. The summed E-state index contributed by atoms with van der Waals surface area (Å²) in [7, 11) is 0. The number of halogens is 2. The van der Waals surface area contributed by atoms with Crippen molar-refractivity contribution in [1.29, 1.82) is 0 Å². The monoisotopic (exact) mass is 284 g/mol. The molecule has 0 amide bonds. The van der Waals surface area contributed by atoms with Gasteiger partial charge in [0.25, 0.3) is 0 Å². The summed E-state index contributed by atoms with van der Waals surface area (Å²) in [4.78, 5) is 12.1. The first kappa shape index (κ1) is 11.8. The Bertz CT molecular complexity index is 397. The van der Waals surface area contributed by atoms with Gasteiger partial charge in [-0.1, -0.05) is 35.2 Å². The second-order valence-electron chi connectivity index (χ2n) is 4.32. The zero-order valence-electron chi connectivity index (χ0n) is 9.01. The highest BCUT2D eigenvalue weighted by Crippen LogP contribution is 2.28.